The van der Waals surface area contributed by atoms with Crippen LogP contribution in [0.2, 0.25) is 0 Å². The average molecular weight is 262 g/mol. The zero-order valence-corrected chi connectivity index (χ0v) is 12.2. The molecule has 1 heterocycles. The maximum absolute atomic E-state index is 5.83. The van der Waals surface area contributed by atoms with Gasteiger partial charge in [0, 0.05) is 25.9 Å². The number of benzene rings is 1. The summed E-state index contributed by atoms with van der Waals surface area (Å²) in [6, 6.07) is 6.64. The summed E-state index contributed by atoms with van der Waals surface area (Å²) in [4.78, 5) is 2.32. The van der Waals surface area contributed by atoms with Crippen molar-refractivity contribution in [3.63, 3.8) is 0 Å². The van der Waals surface area contributed by atoms with Gasteiger partial charge in [0.25, 0.3) is 0 Å². The van der Waals surface area contributed by atoms with Crippen LogP contribution in [-0.2, 0) is 11.2 Å². The molecule has 1 saturated heterocycles. The van der Waals surface area contributed by atoms with Crippen molar-refractivity contribution in [1.82, 2.24) is 0 Å². The average Bonchev–Trinajstić information content (AvgIpc) is 2.40. The van der Waals surface area contributed by atoms with Crippen molar-refractivity contribution in [3.8, 4) is 0 Å². The molecule has 0 amide bonds. The summed E-state index contributed by atoms with van der Waals surface area (Å²) in [7, 11) is 2.16. The Bertz CT molecular complexity index is 400. The topological polar surface area (TPSA) is 38.5 Å². The Morgan fingerprint density at radius 3 is 2.89 bits per heavy atom. The van der Waals surface area contributed by atoms with E-state index in [4.69, 9.17) is 10.5 Å². The van der Waals surface area contributed by atoms with Crippen LogP contribution in [-0.4, -0.2) is 32.8 Å². The van der Waals surface area contributed by atoms with Crippen LogP contribution in [0, 0.1) is 6.92 Å². The Morgan fingerprint density at radius 2 is 2.21 bits per heavy atom. The number of ether oxygens (including phenoxy) is 1. The maximum atomic E-state index is 5.83. The van der Waals surface area contributed by atoms with Gasteiger partial charge in [0.1, 0.15) is 0 Å². The van der Waals surface area contributed by atoms with E-state index in [2.05, 4.69) is 37.1 Å². The second-order valence-corrected chi connectivity index (χ2v) is 5.54. The van der Waals surface area contributed by atoms with Crippen LogP contribution < -0.4 is 10.6 Å². The van der Waals surface area contributed by atoms with Gasteiger partial charge in [-0.25, -0.2) is 0 Å². The van der Waals surface area contributed by atoms with Crippen LogP contribution in [0.5, 0.6) is 0 Å². The Hall–Kier alpha value is -1.06. The summed E-state index contributed by atoms with van der Waals surface area (Å²) < 4.78 is 5.83. The maximum Gasteiger partial charge on any atom is 0.0749 e. The number of anilines is 1. The number of hydrogen-bond acceptors (Lipinski definition) is 3. The minimum atomic E-state index is 0.380. The van der Waals surface area contributed by atoms with E-state index < -0.39 is 0 Å². The lowest BCUT2D eigenvalue weighted by Crippen LogP contribution is -2.33. The summed E-state index contributed by atoms with van der Waals surface area (Å²) in [5.41, 5.74) is 9.67. The van der Waals surface area contributed by atoms with Gasteiger partial charge in [-0.3, -0.25) is 0 Å². The molecule has 1 atom stereocenters. The number of likely N-dealkylation sites (N-methyl/N-ethyl adjacent to an activating group) is 1. The van der Waals surface area contributed by atoms with Crippen molar-refractivity contribution in [2.24, 2.45) is 5.73 Å². The first-order chi connectivity index (χ1) is 9.20. The predicted molar refractivity (Wildman–Crippen MR) is 80.8 cm³/mol. The van der Waals surface area contributed by atoms with E-state index in [1.54, 1.807) is 0 Å². The quantitative estimate of drug-likeness (QED) is 0.886. The second kappa shape index (κ2) is 6.92. The molecule has 0 aliphatic carbocycles. The number of rotatable bonds is 5. The van der Waals surface area contributed by atoms with Crippen LogP contribution in [0.1, 0.15) is 30.4 Å². The number of hydrogen-bond donors (Lipinski definition) is 1. The van der Waals surface area contributed by atoms with Crippen LogP contribution in [0.3, 0.4) is 0 Å². The summed E-state index contributed by atoms with van der Waals surface area (Å²) in [6.45, 7) is 4.72. The van der Waals surface area contributed by atoms with Crippen molar-refractivity contribution in [1.29, 1.82) is 0 Å². The summed E-state index contributed by atoms with van der Waals surface area (Å²) in [5.74, 6) is 0. The highest BCUT2D eigenvalue weighted by Crippen LogP contribution is 2.23. The lowest BCUT2D eigenvalue weighted by Gasteiger charge is -2.30. The number of aryl methyl sites for hydroxylation is 1. The van der Waals surface area contributed by atoms with E-state index in [-0.39, 0.29) is 0 Å². The van der Waals surface area contributed by atoms with E-state index >= 15 is 0 Å². The van der Waals surface area contributed by atoms with Gasteiger partial charge in [-0.1, -0.05) is 17.7 Å². The number of nitrogens with two attached hydrogens (primary N) is 1. The molecule has 1 aromatic carbocycles. The van der Waals surface area contributed by atoms with Crippen molar-refractivity contribution < 1.29 is 4.74 Å². The summed E-state index contributed by atoms with van der Waals surface area (Å²) >= 11 is 0. The first kappa shape index (κ1) is 14.4. The molecule has 2 rings (SSSR count). The van der Waals surface area contributed by atoms with E-state index in [9.17, 15) is 0 Å². The second-order valence-electron chi connectivity index (χ2n) is 5.54. The van der Waals surface area contributed by atoms with Crippen molar-refractivity contribution in [3.05, 3.63) is 29.3 Å². The van der Waals surface area contributed by atoms with E-state index in [1.165, 1.54) is 36.1 Å². The van der Waals surface area contributed by atoms with Crippen molar-refractivity contribution >= 4 is 5.69 Å². The minimum Gasteiger partial charge on any atom is -0.376 e. The third-order valence-corrected chi connectivity index (χ3v) is 3.81. The smallest absolute Gasteiger partial charge is 0.0749 e. The summed E-state index contributed by atoms with van der Waals surface area (Å²) in [5, 5.41) is 0. The molecule has 106 valence electrons. The van der Waals surface area contributed by atoms with Crippen molar-refractivity contribution in [2.75, 3.05) is 31.6 Å². The SMILES string of the molecule is Cc1ccc(N(C)CC2CCCCO2)c(CCN)c1. The largest absolute Gasteiger partial charge is 0.376 e. The Balaban J connectivity index is 2.06. The monoisotopic (exact) mass is 262 g/mol. The molecule has 3 heteroatoms. The normalized spacial score (nSPS) is 19.4. The molecule has 0 bridgehead atoms. The fraction of sp³-hybridized carbons (Fsp3) is 0.625. The first-order valence-corrected chi connectivity index (χ1v) is 7.33. The Labute approximate surface area is 116 Å². The van der Waals surface area contributed by atoms with Crippen LogP contribution >= 0.6 is 0 Å². The molecular formula is C16H26N2O. The minimum absolute atomic E-state index is 0.380. The molecule has 3 nitrogen and oxygen atoms in total. The molecule has 0 radical (unpaired) electrons. The molecule has 1 unspecified atom stereocenters. The van der Waals surface area contributed by atoms with Crippen LogP contribution in [0.4, 0.5) is 5.69 Å². The van der Waals surface area contributed by atoms with Crippen LogP contribution in [0.15, 0.2) is 18.2 Å². The Kier molecular flexibility index (Phi) is 5.23. The molecule has 2 N–H and O–H groups in total. The van der Waals surface area contributed by atoms with Gasteiger partial charge >= 0.3 is 0 Å². The van der Waals surface area contributed by atoms with Gasteiger partial charge in [0.05, 0.1) is 6.10 Å². The zero-order valence-electron chi connectivity index (χ0n) is 12.2. The van der Waals surface area contributed by atoms with Gasteiger partial charge < -0.3 is 15.4 Å². The van der Waals surface area contributed by atoms with Gasteiger partial charge in [-0.15, -0.1) is 0 Å². The molecule has 1 fully saturated rings. The third kappa shape index (κ3) is 3.95. The molecule has 0 spiro atoms. The first-order valence-electron chi connectivity index (χ1n) is 7.33. The fourth-order valence-electron chi connectivity index (χ4n) is 2.80. The molecular weight excluding hydrogens is 236 g/mol. The zero-order chi connectivity index (χ0) is 13.7. The summed E-state index contributed by atoms with van der Waals surface area (Å²) in [6.07, 6.45) is 5.01. The molecule has 19 heavy (non-hydrogen) atoms. The third-order valence-electron chi connectivity index (χ3n) is 3.81. The van der Waals surface area contributed by atoms with Crippen LogP contribution in [0.25, 0.3) is 0 Å². The molecule has 1 aromatic rings. The van der Waals surface area contributed by atoms with Gasteiger partial charge in [-0.2, -0.15) is 0 Å². The molecule has 0 saturated carbocycles. The molecule has 1 aliphatic heterocycles. The molecule has 0 aromatic heterocycles. The van der Waals surface area contributed by atoms with E-state index in [1.807, 2.05) is 0 Å². The van der Waals surface area contributed by atoms with E-state index in [0.29, 0.717) is 12.6 Å². The van der Waals surface area contributed by atoms with Crippen molar-refractivity contribution in [2.45, 2.75) is 38.7 Å². The number of nitrogens with zero attached hydrogens (tertiary/aromatic N) is 1. The lowest BCUT2D eigenvalue weighted by atomic mass is 10.0. The van der Waals surface area contributed by atoms with E-state index in [0.717, 1.165) is 19.6 Å². The fourth-order valence-corrected chi connectivity index (χ4v) is 2.80. The van der Waals surface area contributed by atoms with Gasteiger partial charge in [0.15, 0.2) is 0 Å². The lowest BCUT2D eigenvalue weighted by molar-refractivity contribution is 0.0216. The Morgan fingerprint density at radius 1 is 1.37 bits per heavy atom. The highest BCUT2D eigenvalue weighted by atomic mass is 16.5. The van der Waals surface area contributed by atoms with Gasteiger partial charge in [-0.05, 0) is 50.8 Å². The predicted octanol–water partition coefficient (Wildman–Crippen LogP) is 2.50. The highest BCUT2D eigenvalue weighted by Gasteiger charge is 2.17. The molecule has 1 aliphatic rings. The highest BCUT2D eigenvalue weighted by molar-refractivity contribution is 5.54. The van der Waals surface area contributed by atoms with Gasteiger partial charge in [0.2, 0.25) is 0 Å². The standard InChI is InChI=1S/C16H26N2O/c1-13-6-7-16(14(11-13)8-9-17)18(2)12-15-5-3-4-10-19-15/h6-7,11,15H,3-5,8-10,12,17H2,1-2H3.